The first-order valence-corrected chi connectivity index (χ1v) is 7.47. The standard InChI is InChI=1S/C16H20N2O3.ClH/c19-15(17-13-6-7-13)14(11-4-2-1-3-5-11)18-9-8-12(10-18)16(20)21;/h1-5,12-14H,6-10H2,(H,17,19)(H,20,21);1H. The van der Waals surface area contributed by atoms with E-state index in [-0.39, 0.29) is 30.3 Å². The zero-order valence-electron chi connectivity index (χ0n) is 12.3. The maximum Gasteiger partial charge on any atom is 0.307 e. The van der Waals surface area contributed by atoms with Gasteiger partial charge in [0.1, 0.15) is 6.04 Å². The highest BCUT2D eigenvalue weighted by molar-refractivity contribution is 5.85. The van der Waals surface area contributed by atoms with Gasteiger partial charge in [-0.05, 0) is 24.8 Å². The Hall–Kier alpha value is -1.59. The number of hydrogen-bond donors (Lipinski definition) is 2. The monoisotopic (exact) mass is 324 g/mol. The zero-order chi connectivity index (χ0) is 14.8. The number of carboxylic acids is 1. The average Bonchev–Trinajstić information content (AvgIpc) is 3.14. The fourth-order valence-electron chi connectivity index (χ4n) is 2.89. The highest BCUT2D eigenvalue weighted by Crippen LogP contribution is 2.29. The molecule has 0 aromatic heterocycles. The van der Waals surface area contributed by atoms with Gasteiger partial charge in [0.15, 0.2) is 0 Å². The molecular weight excluding hydrogens is 304 g/mol. The molecule has 1 aromatic carbocycles. The Bertz CT molecular complexity index is 533. The van der Waals surface area contributed by atoms with Crippen LogP contribution in [0.15, 0.2) is 30.3 Å². The minimum Gasteiger partial charge on any atom is -0.481 e. The molecule has 3 rings (SSSR count). The van der Waals surface area contributed by atoms with Gasteiger partial charge in [0.05, 0.1) is 5.92 Å². The Morgan fingerprint density at radius 2 is 1.86 bits per heavy atom. The van der Waals surface area contributed by atoms with Crippen molar-refractivity contribution in [3.05, 3.63) is 35.9 Å². The lowest BCUT2D eigenvalue weighted by atomic mass is 10.0. The molecule has 2 aliphatic rings. The molecule has 0 radical (unpaired) electrons. The minimum absolute atomic E-state index is 0. The molecule has 1 saturated heterocycles. The second kappa shape index (κ2) is 7.11. The van der Waals surface area contributed by atoms with E-state index >= 15 is 0 Å². The zero-order valence-corrected chi connectivity index (χ0v) is 13.1. The first kappa shape index (κ1) is 16.8. The topological polar surface area (TPSA) is 69.6 Å². The van der Waals surface area contributed by atoms with Crippen LogP contribution in [-0.2, 0) is 9.59 Å². The summed E-state index contributed by atoms with van der Waals surface area (Å²) in [7, 11) is 0. The predicted molar refractivity (Wildman–Crippen MR) is 84.9 cm³/mol. The molecule has 2 N–H and O–H groups in total. The number of nitrogens with zero attached hydrogens (tertiary/aromatic N) is 1. The van der Waals surface area contributed by atoms with E-state index in [1.807, 2.05) is 35.2 Å². The number of benzene rings is 1. The maximum absolute atomic E-state index is 12.6. The van der Waals surface area contributed by atoms with Crippen LogP contribution < -0.4 is 5.32 Å². The molecule has 2 unspecified atom stereocenters. The molecule has 1 saturated carbocycles. The Morgan fingerprint density at radius 3 is 2.41 bits per heavy atom. The SMILES string of the molecule is Cl.O=C(O)C1CCN(C(C(=O)NC2CC2)c2ccccc2)C1. The lowest BCUT2D eigenvalue weighted by Gasteiger charge is -2.27. The first-order valence-electron chi connectivity index (χ1n) is 7.47. The summed E-state index contributed by atoms with van der Waals surface area (Å²) in [5, 5.41) is 12.2. The fourth-order valence-corrected chi connectivity index (χ4v) is 2.89. The van der Waals surface area contributed by atoms with Gasteiger partial charge in [0, 0.05) is 19.1 Å². The van der Waals surface area contributed by atoms with Crippen LogP contribution in [0, 0.1) is 5.92 Å². The number of aliphatic carboxylic acids is 1. The van der Waals surface area contributed by atoms with Crippen LogP contribution in [0.3, 0.4) is 0 Å². The summed E-state index contributed by atoms with van der Waals surface area (Å²) < 4.78 is 0. The summed E-state index contributed by atoms with van der Waals surface area (Å²) in [5.41, 5.74) is 0.932. The summed E-state index contributed by atoms with van der Waals surface area (Å²) in [4.78, 5) is 25.7. The molecule has 0 spiro atoms. The number of nitrogens with one attached hydrogen (secondary N) is 1. The second-order valence-corrected chi connectivity index (χ2v) is 5.91. The number of hydrogen-bond acceptors (Lipinski definition) is 3. The van der Waals surface area contributed by atoms with Crippen molar-refractivity contribution in [3.63, 3.8) is 0 Å². The van der Waals surface area contributed by atoms with E-state index in [4.69, 9.17) is 5.11 Å². The smallest absolute Gasteiger partial charge is 0.307 e. The van der Waals surface area contributed by atoms with Gasteiger partial charge in [-0.15, -0.1) is 12.4 Å². The van der Waals surface area contributed by atoms with Crippen molar-refractivity contribution in [3.8, 4) is 0 Å². The molecular formula is C16H21ClN2O3. The molecule has 1 aromatic rings. The molecule has 6 heteroatoms. The van der Waals surface area contributed by atoms with Gasteiger partial charge in [-0.25, -0.2) is 0 Å². The van der Waals surface area contributed by atoms with E-state index in [0.717, 1.165) is 18.4 Å². The molecule has 22 heavy (non-hydrogen) atoms. The summed E-state index contributed by atoms with van der Waals surface area (Å²) in [6.07, 6.45) is 2.70. The third-order valence-corrected chi connectivity index (χ3v) is 4.22. The number of amides is 1. The Labute approximate surface area is 136 Å². The van der Waals surface area contributed by atoms with Crippen LogP contribution in [0.2, 0.25) is 0 Å². The van der Waals surface area contributed by atoms with Gasteiger partial charge in [-0.3, -0.25) is 14.5 Å². The number of likely N-dealkylation sites (tertiary alicyclic amines) is 1. The second-order valence-electron chi connectivity index (χ2n) is 5.91. The lowest BCUT2D eigenvalue weighted by molar-refractivity contribution is -0.141. The number of halogens is 1. The first-order chi connectivity index (χ1) is 10.1. The largest absolute Gasteiger partial charge is 0.481 e. The van der Waals surface area contributed by atoms with Crippen molar-refractivity contribution in [1.82, 2.24) is 10.2 Å². The Morgan fingerprint density at radius 1 is 1.18 bits per heavy atom. The van der Waals surface area contributed by atoms with Crippen LogP contribution in [0.4, 0.5) is 0 Å². The Balaban J connectivity index is 0.00000176. The summed E-state index contributed by atoms with van der Waals surface area (Å²) in [5.74, 6) is -1.15. The predicted octanol–water partition coefficient (Wildman–Crippen LogP) is 1.83. The third kappa shape index (κ3) is 3.78. The van der Waals surface area contributed by atoms with Crippen LogP contribution in [0.1, 0.15) is 30.9 Å². The molecule has 2 fully saturated rings. The van der Waals surface area contributed by atoms with Crippen LogP contribution in [0.5, 0.6) is 0 Å². The van der Waals surface area contributed by atoms with E-state index in [0.29, 0.717) is 25.6 Å². The number of carbonyl (C=O) groups excluding carboxylic acids is 1. The quantitative estimate of drug-likeness (QED) is 0.867. The van der Waals surface area contributed by atoms with Crippen molar-refractivity contribution >= 4 is 24.3 Å². The van der Waals surface area contributed by atoms with E-state index in [9.17, 15) is 9.59 Å². The van der Waals surface area contributed by atoms with E-state index < -0.39 is 5.97 Å². The number of carbonyl (C=O) groups is 2. The van der Waals surface area contributed by atoms with E-state index in [1.54, 1.807) is 0 Å². The molecule has 1 aliphatic carbocycles. The third-order valence-electron chi connectivity index (χ3n) is 4.22. The fraction of sp³-hybridized carbons (Fsp3) is 0.500. The summed E-state index contributed by atoms with van der Waals surface area (Å²) >= 11 is 0. The van der Waals surface area contributed by atoms with E-state index in [1.165, 1.54) is 0 Å². The highest BCUT2D eigenvalue weighted by atomic mass is 35.5. The molecule has 2 atom stereocenters. The molecule has 120 valence electrons. The average molecular weight is 325 g/mol. The molecule has 1 aliphatic heterocycles. The van der Waals surface area contributed by atoms with Gasteiger partial charge in [-0.2, -0.15) is 0 Å². The van der Waals surface area contributed by atoms with Crippen LogP contribution in [0.25, 0.3) is 0 Å². The lowest BCUT2D eigenvalue weighted by Crippen LogP contribution is -2.40. The normalized spacial score (nSPS) is 22.6. The van der Waals surface area contributed by atoms with Gasteiger partial charge in [0.25, 0.3) is 0 Å². The molecule has 0 bridgehead atoms. The Kier molecular flexibility index (Phi) is 5.42. The van der Waals surface area contributed by atoms with Crippen molar-refractivity contribution in [2.45, 2.75) is 31.3 Å². The van der Waals surface area contributed by atoms with Crippen LogP contribution >= 0.6 is 12.4 Å². The molecule has 5 nitrogen and oxygen atoms in total. The summed E-state index contributed by atoms with van der Waals surface area (Å²) in [6, 6.07) is 9.55. The van der Waals surface area contributed by atoms with E-state index in [2.05, 4.69) is 5.32 Å². The van der Waals surface area contributed by atoms with Crippen LogP contribution in [-0.4, -0.2) is 41.0 Å². The molecule has 1 heterocycles. The van der Waals surface area contributed by atoms with Gasteiger partial charge >= 0.3 is 5.97 Å². The van der Waals surface area contributed by atoms with Gasteiger partial charge in [0.2, 0.25) is 5.91 Å². The highest BCUT2D eigenvalue weighted by Gasteiger charge is 2.37. The summed E-state index contributed by atoms with van der Waals surface area (Å²) in [6.45, 7) is 1.08. The van der Waals surface area contributed by atoms with Gasteiger partial charge < -0.3 is 10.4 Å². The van der Waals surface area contributed by atoms with Crippen molar-refractivity contribution in [2.24, 2.45) is 5.92 Å². The van der Waals surface area contributed by atoms with Gasteiger partial charge in [-0.1, -0.05) is 30.3 Å². The van der Waals surface area contributed by atoms with Crippen molar-refractivity contribution in [1.29, 1.82) is 0 Å². The molecule has 1 amide bonds. The number of rotatable bonds is 5. The van der Waals surface area contributed by atoms with Crippen molar-refractivity contribution in [2.75, 3.05) is 13.1 Å². The maximum atomic E-state index is 12.6. The number of carboxylic acid groups (broad SMARTS) is 1. The van der Waals surface area contributed by atoms with Crippen molar-refractivity contribution < 1.29 is 14.7 Å². The minimum atomic E-state index is -0.771.